The van der Waals surface area contributed by atoms with Gasteiger partial charge in [-0.05, 0) is 105 Å². The van der Waals surface area contributed by atoms with Gasteiger partial charge in [0, 0.05) is 83.4 Å². The smallest absolute Gasteiger partial charge is 0.135 e. The molecule has 7 heteroatoms. The van der Waals surface area contributed by atoms with Crippen LogP contribution in [0.5, 0.6) is 11.5 Å². The SMILES string of the molecule is CC(C)(C)c1ccnc(-n2c3[c-]c(Oc4[c-]c(N5[CH-]N(c6ccccc6)c6c(-c7c(-c8ccccc8)cccc7-c7ccccc7)cccc65)ccc4)ccc3c3cc(-n4c5ccccc5c5ccccc54)ccc32)c1.[Pt]. The van der Waals surface area contributed by atoms with Crippen LogP contribution in [0.1, 0.15) is 26.3 Å². The monoisotopic (exact) mass is 1170 g/mol. The van der Waals surface area contributed by atoms with Crippen LogP contribution in [0, 0.1) is 18.8 Å². The maximum atomic E-state index is 6.85. The number of anilines is 4. The zero-order valence-electron chi connectivity index (χ0n) is 42.6. The van der Waals surface area contributed by atoms with Crippen LogP contribution in [-0.4, -0.2) is 14.1 Å². The van der Waals surface area contributed by atoms with Gasteiger partial charge in [-0.1, -0.05) is 172 Å². The van der Waals surface area contributed by atoms with E-state index < -0.39 is 0 Å². The summed E-state index contributed by atoms with van der Waals surface area (Å²) in [4.78, 5) is 9.53. The van der Waals surface area contributed by atoms with Gasteiger partial charge in [-0.15, -0.1) is 48.1 Å². The van der Waals surface area contributed by atoms with Crippen molar-refractivity contribution in [3.05, 3.63) is 267 Å². The third kappa shape index (κ3) is 8.28. The molecule has 0 unspecified atom stereocenters. The van der Waals surface area contributed by atoms with Gasteiger partial charge in [0.2, 0.25) is 0 Å². The molecule has 374 valence electrons. The largest absolute Gasteiger partial charge is 0.509 e. The molecule has 4 heterocycles. The Hall–Kier alpha value is -8.96. The van der Waals surface area contributed by atoms with E-state index in [-0.39, 0.29) is 26.5 Å². The first-order chi connectivity index (χ1) is 37.3. The van der Waals surface area contributed by atoms with Gasteiger partial charge in [0.1, 0.15) is 5.82 Å². The fraction of sp³-hybridized carbons (Fsp3) is 0.0571. The van der Waals surface area contributed by atoms with E-state index in [1.54, 1.807) is 0 Å². The van der Waals surface area contributed by atoms with E-state index in [0.29, 0.717) is 11.5 Å². The zero-order chi connectivity index (χ0) is 50.9. The number of para-hydroxylation sites is 4. The summed E-state index contributed by atoms with van der Waals surface area (Å²) in [6, 6.07) is 91.3. The quantitative estimate of drug-likeness (QED) is 0.135. The summed E-state index contributed by atoms with van der Waals surface area (Å²) in [6.07, 6.45) is 1.92. The van der Waals surface area contributed by atoms with Crippen LogP contribution >= 0.6 is 0 Å². The molecule has 10 aromatic carbocycles. The van der Waals surface area contributed by atoms with Crippen LogP contribution < -0.4 is 14.5 Å². The normalized spacial score (nSPS) is 12.4. The maximum absolute atomic E-state index is 6.85. The standard InChI is InChI=1S/C70H50N5O.Pt/c1-70(2,3)49-40-41-71-67(42-49)75-64-39-36-52(74-62-33-15-13-28-57(62)58-29-14-16-34-63(58)74)44-61(64)59-38-37-54(45-66(59)75)76-53-27-17-26-51(43-53)72-46-73(50-24-11-6-12-25-50)69-60(32-19-35-65(69)72)68-55(47-20-7-4-8-21-47)30-18-31-56(68)48-22-9-5-10-23-48;/h4-42,44,46H,1-3H3;/q-3;. The molecule has 13 aromatic rings. The van der Waals surface area contributed by atoms with Crippen molar-refractivity contribution in [1.82, 2.24) is 14.1 Å². The minimum Gasteiger partial charge on any atom is -0.509 e. The molecule has 0 amide bonds. The minimum atomic E-state index is -0.0796. The molecule has 0 fully saturated rings. The van der Waals surface area contributed by atoms with E-state index in [1.807, 2.05) is 24.4 Å². The molecule has 0 aliphatic carbocycles. The molecule has 14 rings (SSSR count). The van der Waals surface area contributed by atoms with E-state index in [9.17, 15) is 0 Å². The van der Waals surface area contributed by atoms with E-state index in [0.717, 1.165) is 83.9 Å². The predicted octanol–water partition coefficient (Wildman–Crippen LogP) is 18.4. The van der Waals surface area contributed by atoms with Crippen molar-refractivity contribution < 1.29 is 25.8 Å². The molecular weight excluding hydrogens is 1120 g/mol. The summed E-state index contributed by atoms with van der Waals surface area (Å²) >= 11 is 0. The molecular formula is C70H50N5OPt-3. The third-order valence-electron chi connectivity index (χ3n) is 14.8. The third-order valence-corrected chi connectivity index (χ3v) is 14.8. The molecule has 0 saturated heterocycles. The zero-order valence-corrected chi connectivity index (χ0v) is 44.9. The number of fused-ring (bicyclic) bond motifs is 7. The van der Waals surface area contributed by atoms with Crippen molar-refractivity contribution in [2.24, 2.45) is 0 Å². The summed E-state index contributed by atoms with van der Waals surface area (Å²) < 4.78 is 11.5. The Kier molecular flexibility index (Phi) is 12.0. The van der Waals surface area contributed by atoms with Gasteiger partial charge < -0.3 is 23.7 Å². The Morgan fingerprint density at radius 3 is 1.74 bits per heavy atom. The summed E-state index contributed by atoms with van der Waals surface area (Å²) in [7, 11) is 0. The molecule has 3 aromatic heterocycles. The first-order valence-electron chi connectivity index (χ1n) is 25.9. The number of hydrogen-bond acceptors (Lipinski definition) is 4. The molecule has 77 heavy (non-hydrogen) atoms. The van der Waals surface area contributed by atoms with Gasteiger partial charge in [-0.25, -0.2) is 4.98 Å². The molecule has 1 aliphatic rings. The van der Waals surface area contributed by atoms with Gasteiger partial charge in [0.05, 0.1) is 11.0 Å². The first kappa shape index (κ1) is 47.7. The molecule has 6 nitrogen and oxygen atoms in total. The number of hydrogen-bond donors (Lipinski definition) is 0. The van der Waals surface area contributed by atoms with Crippen LogP contribution in [0.4, 0.5) is 22.7 Å². The minimum absolute atomic E-state index is 0. The number of nitrogens with zero attached hydrogens (tertiary/aromatic N) is 5. The molecule has 0 N–H and O–H groups in total. The molecule has 0 saturated carbocycles. The number of aromatic nitrogens is 3. The van der Waals surface area contributed by atoms with Gasteiger partial charge in [-0.3, -0.25) is 0 Å². The van der Waals surface area contributed by atoms with Crippen molar-refractivity contribution in [3.8, 4) is 56.4 Å². The van der Waals surface area contributed by atoms with Gasteiger partial charge in [-0.2, -0.15) is 12.1 Å². The Morgan fingerprint density at radius 1 is 0.455 bits per heavy atom. The van der Waals surface area contributed by atoms with Crippen molar-refractivity contribution in [3.63, 3.8) is 0 Å². The molecule has 0 bridgehead atoms. The van der Waals surface area contributed by atoms with Crippen LogP contribution in [0.2, 0.25) is 0 Å². The number of ether oxygens (including phenoxy) is 1. The maximum Gasteiger partial charge on any atom is 0.135 e. The van der Waals surface area contributed by atoms with E-state index in [2.05, 4.69) is 277 Å². The summed E-state index contributed by atoms with van der Waals surface area (Å²) in [5.41, 5.74) is 17.4. The average Bonchev–Trinajstić information content (AvgIpc) is 4.17. The van der Waals surface area contributed by atoms with Crippen LogP contribution in [0.25, 0.3) is 88.5 Å². The Morgan fingerprint density at radius 2 is 1.05 bits per heavy atom. The molecule has 0 spiro atoms. The first-order valence-corrected chi connectivity index (χ1v) is 25.9. The van der Waals surface area contributed by atoms with Crippen molar-refractivity contribution in [2.75, 3.05) is 9.80 Å². The van der Waals surface area contributed by atoms with Crippen molar-refractivity contribution in [2.45, 2.75) is 26.2 Å². The van der Waals surface area contributed by atoms with Gasteiger partial charge in [0.25, 0.3) is 0 Å². The van der Waals surface area contributed by atoms with Crippen molar-refractivity contribution >= 4 is 66.4 Å². The summed E-state index contributed by atoms with van der Waals surface area (Å²) in [5, 5.41) is 4.61. The number of pyridine rings is 1. The number of rotatable bonds is 9. The fourth-order valence-electron chi connectivity index (χ4n) is 11.3. The summed E-state index contributed by atoms with van der Waals surface area (Å²) in [5.74, 6) is 1.97. The molecule has 0 radical (unpaired) electrons. The fourth-order valence-corrected chi connectivity index (χ4v) is 11.3. The van der Waals surface area contributed by atoms with E-state index in [1.165, 1.54) is 32.9 Å². The van der Waals surface area contributed by atoms with Crippen LogP contribution in [0.3, 0.4) is 0 Å². The number of benzene rings is 10. The molecule has 1 aliphatic heterocycles. The summed E-state index contributed by atoms with van der Waals surface area (Å²) in [6.45, 7) is 8.89. The topological polar surface area (TPSA) is 38.5 Å². The van der Waals surface area contributed by atoms with Gasteiger partial charge >= 0.3 is 0 Å². The second kappa shape index (κ2) is 19.3. The van der Waals surface area contributed by atoms with Gasteiger partial charge in [0.15, 0.2) is 0 Å². The molecule has 0 atom stereocenters. The van der Waals surface area contributed by atoms with Crippen molar-refractivity contribution in [1.29, 1.82) is 0 Å². The van der Waals surface area contributed by atoms with E-state index in [4.69, 9.17) is 9.72 Å². The Balaban J connectivity index is 0.00000566. The van der Waals surface area contributed by atoms with Crippen LogP contribution in [-0.2, 0) is 26.5 Å². The second-order valence-corrected chi connectivity index (χ2v) is 20.5. The average molecular weight is 1170 g/mol. The Labute approximate surface area is 463 Å². The predicted molar refractivity (Wildman–Crippen MR) is 314 cm³/mol. The van der Waals surface area contributed by atoms with Crippen LogP contribution in [0.15, 0.2) is 243 Å². The Bertz CT molecular complexity index is 4240. The van der Waals surface area contributed by atoms with E-state index >= 15 is 0 Å². The second-order valence-electron chi connectivity index (χ2n) is 20.5.